The fourth-order valence-corrected chi connectivity index (χ4v) is 3.26. The first-order chi connectivity index (χ1) is 13.5. The summed E-state index contributed by atoms with van der Waals surface area (Å²) in [6.45, 7) is 0.188. The van der Waals surface area contributed by atoms with Gasteiger partial charge in [-0.3, -0.25) is 24.4 Å². The van der Waals surface area contributed by atoms with Gasteiger partial charge in [-0.1, -0.05) is 11.2 Å². The predicted molar refractivity (Wildman–Crippen MR) is 97.8 cm³/mol. The second-order valence-electron chi connectivity index (χ2n) is 6.29. The zero-order valence-corrected chi connectivity index (χ0v) is 14.6. The molecular weight excluding hydrogens is 366 g/mol. The van der Waals surface area contributed by atoms with E-state index in [1.54, 1.807) is 30.5 Å². The average molecular weight is 381 g/mol. The van der Waals surface area contributed by atoms with Crippen LogP contribution < -0.4 is 10.7 Å². The molecule has 1 aromatic carbocycles. The number of carbonyl (C=O) groups is 1. The lowest BCUT2D eigenvalue weighted by Crippen LogP contribution is -2.39. The van der Waals surface area contributed by atoms with Crippen molar-refractivity contribution in [1.82, 2.24) is 14.7 Å². The molecule has 2 aromatic heterocycles. The van der Waals surface area contributed by atoms with Crippen molar-refractivity contribution in [2.45, 2.75) is 19.4 Å². The first kappa shape index (κ1) is 17.6. The summed E-state index contributed by atoms with van der Waals surface area (Å²) in [7, 11) is 0. The summed E-state index contributed by atoms with van der Waals surface area (Å²) in [5, 5.41) is 14.7. The van der Waals surface area contributed by atoms with Gasteiger partial charge in [0.25, 0.3) is 5.69 Å². The zero-order valence-electron chi connectivity index (χ0n) is 14.6. The average Bonchev–Trinajstić information content (AvgIpc) is 3.08. The number of nitrogens with zero attached hydrogens (tertiary/aromatic N) is 5. The van der Waals surface area contributed by atoms with Crippen molar-refractivity contribution in [3.05, 3.63) is 68.8 Å². The van der Waals surface area contributed by atoms with Crippen molar-refractivity contribution in [2.24, 2.45) is 0 Å². The molecule has 0 saturated heterocycles. The molecule has 0 spiro atoms. The maximum absolute atomic E-state index is 12.9. The lowest BCUT2D eigenvalue weighted by Gasteiger charge is -2.29. The summed E-state index contributed by atoms with van der Waals surface area (Å²) in [6, 6.07) is 9.55. The maximum Gasteiger partial charge on any atom is 0.442 e. The van der Waals surface area contributed by atoms with E-state index in [1.165, 1.54) is 17.0 Å². The number of rotatable bonds is 4. The smallest absolute Gasteiger partial charge is 0.311 e. The zero-order chi connectivity index (χ0) is 19.7. The van der Waals surface area contributed by atoms with E-state index in [0.29, 0.717) is 30.8 Å². The molecule has 3 aromatic rings. The second-order valence-corrected chi connectivity index (χ2v) is 6.29. The molecule has 142 valence electrons. The highest BCUT2D eigenvalue weighted by Gasteiger charge is 2.26. The third-order valence-corrected chi connectivity index (χ3v) is 4.57. The van der Waals surface area contributed by atoms with E-state index in [1.807, 2.05) is 0 Å². The molecule has 0 radical (unpaired) electrons. The molecule has 0 bridgehead atoms. The summed E-state index contributed by atoms with van der Waals surface area (Å²) in [5.74, 6) is -0.924. The number of pyridine rings is 1. The number of fused-ring (bicyclic) bond motifs is 1. The minimum absolute atomic E-state index is 0.0132. The summed E-state index contributed by atoms with van der Waals surface area (Å²) in [6.07, 6.45) is 2.87. The molecule has 10 nitrogen and oxygen atoms in total. The number of hydrogen-bond acceptors (Lipinski definition) is 7. The van der Waals surface area contributed by atoms with E-state index in [-0.39, 0.29) is 24.0 Å². The Morgan fingerprint density at radius 3 is 2.89 bits per heavy atom. The highest BCUT2D eigenvalue weighted by Crippen LogP contribution is 2.30. The molecule has 0 fully saturated rings. The van der Waals surface area contributed by atoms with Gasteiger partial charge in [0.2, 0.25) is 11.7 Å². The van der Waals surface area contributed by atoms with Crippen molar-refractivity contribution < 1.29 is 14.2 Å². The topological polar surface area (TPSA) is 124 Å². The Morgan fingerprint density at radius 1 is 1.29 bits per heavy atom. The monoisotopic (exact) mass is 381 g/mol. The van der Waals surface area contributed by atoms with Gasteiger partial charge < -0.3 is 4.90 Å². The summed E-state index contributed by atoms with van der Waals surface area (Å²) in [5.41, 5.74) is 1.75. The quantitative estimate of drug-likeness (QED) is 0.498. The Balaban J connectivity index is 1.64. The van der Waals surface area contributed by atoms with Gasteiger partial charge in [-0.15, -0.1) is 0 Å². The van der Waals surface area contributed by atoms with Gasteiger partial charge in [0.05, 0.1) is 4.92 Å². The van der Waals surface area contributed by atoms with Gasteiger partial charge in [0.1, 0.15) is 12.2 Å². The summed E-state index contributed by atoms with van der Waals surface area (Å²) >= 11 is 0. The molecule has 0 atom stereocenters. The molecule has 0 aliphatic carbocycles. The van der Waals surface area contributed by atoms with Gasteiger partial charge in [-0.2, -0.15) is 0 Å². The van der Waals surface area contributed by atoms with Gasteiger partial charge in [-0.25, -0.2) is 9.36 Å². The Morgan fingerprint density at radius 2 is 2.14 bits per heavy atom. The van der Waals surface area contributed by atoms with Crippen LogP contribution in [-0.2, 0) is 17.8 Å². The Bertz CT molecular complexity index is 1110. The molecule has 28 heavy (non-hydrogen) atoms. The van der Waals surface area contributed by atoms with Gasteiger partial charge >= 0.3 is 5.76 Å². The van der Waals surface area contributed by atoms with Gasteiger partial charge in [0.15, 0.2) is 0 Å². The third kappa shape index (κ3) is 3.15. The fourth-order valence-electron chi connectivity index (χ4n) is 3.26. The second kappa shape index (κ2) is 7.06. The lowest BCUT2D eigenvalue weighted by atomic mass is 10.0. The normalized spacial score (nSPS) is 13.2. The molecule has 4 rings (SSSR count). The first-order valence-corrected chi connectivity index (χ1v) is 8.60. The number of aromatic nitrogens is 3. The number of benzene rings is 1. The van der Waals surface area contributed by atoms with Crippen LogP contribution in [0, 0.1) is 10.1 Å². The molecule has 1 aliphatic rings. The van der Waals surface area contributed by atoms with E-state index >= 15 is 0 Å². The van der Waals surface area contributed by atoms with Crippen LogP contribution in [0.5, 0.6) is 0 Å². The van der Waals surface area contributed by atoms with Crippen molar-refractivity contribution >= 4 is 17.3 Å². The van der Waals surface area contributed by atoms with E-state index in [4.69, 9.17) is 4.52 Å². The van der Waals surface area contributed by atoms with Crippen LogP contribution in [0.15, 0.2) is 51.9 Å². The number of aryl methyl sites for hydroxylation is 1. The number of carbonyl (C=O) groups excluding carboxylic acids is 1. The predicted octanol–water partition coefficient (Wildman–Crippen LogP) is 1.79. The van der Waals surface area contributed by atoms with Crippen molar-refractivity contribution in [3.63, 3.8) is 0 Å². The van der Waals surface area contributed by atoms with Crippen molar-refractivity contribution in [1.29, 1.82) is 0 Å². The van der Waals surface area contributed by atoms with E-state index in [9.17, 15) is 19.7 Å². The number of nitro groups is 1. The van der Waals surface area contributed by atoms with Crippen LogP contribution in [0.2, 0.25) is 0 Å². The van der Waals surface area contributed by atoms with Crippen molar-refractivity contribution in [3.8, 4) is 11.5 Å². The van der Waals surface area contributed by atoms with E-state index < -0.39 is 10.7 Å². The first-order valence-electron chi connectivity index (χ1n) is 8.60. The minimum Gasteiger partial charge on any atom is -0.311 e. The largest absolute Gasteiger partial charge is 0.442 e. The highest BCUT2D eigenvalue weighted by atomic mass is 16.6. The van der Waals surface area contributed by atoms with Crippen LogP contribution in [0.25, 0.3) is 11.5 Å². The Kier molecular flexibility index (Phi) is 4.44. The van der Waals surface area contributed by atoms with Gasteiger partial charge in [-0.05, 0) is 36.6 Å². The molecule has 0 saturated carbocycles. The van der Waals surface area contributed by atoms with Crippen LogP contribution in [-0.4, -0.2) is 32.1 Å². The van der Waals surface area contributed by atoms with E-state index in [2.05, 4.69) is 10.1 Å². The molecule has 0 N–H and O–H groups in total. The minimum atomic E-state index is -0.755. The molecule has 0 unspecified atom stereocenters. The van der Waals surface area contributed by atoms with Gasteiger partial charge in [0, 0.05) is 30.6 Å². The van der Waals surface area contributed by atoms with Crippen LogP contribution in [0.1, 0.15) is 12.0 Å². The number of non-ortho nitro benzene ring substituents is 1. The Hall–Kier alpha value is -3.82. The molecule has 10 heteroatoms. The molecule has 3 heterocycles. The molecular formula is C18H15N5O5. The van der Waals surface area contributed by atoms with Crippen LogP contribution in [0.4, 0.5) is 11.4 Å². The van der Waals surface area contributed by atoms with Crippen molar-refractivity contribution in [2.75, 3.05) is 11.4 Å². The summed E-state index contributed by atoms with van der Waals surface area (Å²) < 4.78 is 5.85. The fraction of sp³-hybridized carbons (Fsp3) is 0.222. The van der Waals surface area contributed by atoms with E-state index in [0.717, 1.165) is 10.1 Å². The third-order valence-electron chi connectivity index (χ3n) is 4.57. The lowest BCUT2D eigenvalue weighted by molar-refractivity contribution is -0.384. The SMILES string of the molecule is O=C(Cn1c(-c2ccccn2)noc1=O)N1CCCc2cc([N+](=O)[O-])ccc21. The Labute approximate surface area is 158 Å². The number of anilines is 1. The highest BCUT2D eigenvalue weighted by molar-refractivity contribution is 5.94. The summed E-state index contributed by atoms with van der Waals surface area (Å²) in [4.78, 5) is 41.2. The number of nitro benzene ring substituents is 1. The van der Waals surface area contributed by atoms with Crippen LogP contribution >= 0.6 is 0 Å². The molecule has 1 amide bonds. The molecule has 1 aliphatic heterocycles. The number of amides is 1. The number of hydrogen-bond donors (Lipinski definition) is 0. The van der Waals surface area contributed by atoms with Crippen LogP contribution in [0.3, 0.4) is 0 Å². The standard InChI is InChI=1S/C18H15N5O5/c24-16(11-22-17(20-28-18(22)25)14-5-1-2-8-19-14)21-9-3-4-12-10-13(23(26)27)6-7-15(12)21/h1-2,5-8,10H,3-4,9,11H2. The maximum atomic E-state index is 12.9.